The minimum atomic E-state index is -0.0305. The predicted octanol–water partition coefficient (Wildman–Crippen LogP) is 0.912. The summed E-state index contributed by atoms with van der Waals surface area (Å²) in [7, 11) is 1.74. The minimum Gasteiger partial charge on any atom is -0.383 e. The third-order valence-electron chi connectivity index (χ3n) is 4.41. The van der Waals surface area contributed by atoms with Crippen molar-refractivity contribution in [2.75, 3.05) is 39.9 Å². The molecule has 116 valence electrons. The summed E-state index contributed by atoms with van der Waals surface area (Å²) in [5.74, 6) is 1.35. The Kier molecular flexibility index (Phi) is 4.55. The number of likely N-dealkylation sites (tertiary alicyclic amines) is 1. The number of nitrogens with zero attached hydrogens (tertiary/aromatic N) is 2. The quantitative estimate of drug-likeness (QED) is 0.865. The Morgan fingerprint density at radius 1 is 1.43 bits per heavy atom. The van der Waals surface area contributed by atoms with Crippen LogP contribution in [0.1, 0.15) is 47.2 Å². The second kappa shape index (κ2) is 6.58. The van der Waals surface area contributed by atoms with Crippen LogP contribution in [0.3, 0.4) is 0 Å². The van der Waals surface area contributed by atoms with Gasteiger partial charge in [0, 0.05) is 38.4 Å². The number of nitrogens with one attached hydrogen (secondary N) is 2. The SMILES string of the molecule is COCCN1CCCC(c2nc3c([nH]2)CCCNC3=O)C1. The number of aromatic nitrogens is 2. The number of piperidine rings is 1. The molecule has 0 radical (unpaired) electrons. The number of carbonyl (C=O) groups is 1. The number of ether oxygens (including phenoxy) is 1. The normalized spacial score (nSPS) is 23.5. The van der Waals surface area contributed by atoms with Crippen LogP contribution in [0.2, 0.25) is 0 Å². The van der Waals surface area contributed by atoms with Gasteiger partial charge in [-0.3, -0.25) is 4.79 Å². The molecule has 2 aliphatic rings. The molecule has 0 aromatic carbocycles. The number of amides is 1. The van der Waals surface area contributed by atoms with Gasteiger partial charge in [-0.05, 0) is 32.2 Å². The Balaban J connectivity index is 1.72. The van der Waals surface area contributed by atoms with Gasteiger partial charge >= 0.3 is 0 Å². The first-order valence-corrected chi connectivity index (χ1v) is 7.86. The van der Waals surface area contributed by atoms with E-state index in [9.17, 15) is 4.79 Å². The summed E-state index contributed by atoms with van der Waals surface area (Å²) in [5, 5.41) is 2.91. The third-order valence-corrected chi connectivity index (χ3v) is 4.41. The molecular formula is C15H24N4O2. The van der Waals surface area contributed by atoms with Crippen molar-refractivity contribution in [1.29, 1.82) is 0 Å². The van der Waals surface area contributed by atoms with E-state index in [0.29, 0.717) is 11.6 Å². The van der Waals surface area contributed by atoms with Crippen molar-refractivity contribution in [3.8, 4) is 0 Å². The molecule has 6 heteroatoms. The van der Waals surface area contributed by atoms with Gasteiger partial charge in [0.2, 0.25) is 0 Å². The van der Waals surface area contributed by atoms with Crippen molar-refractivity contribution in [3.05, 3.63) is 17.2 Å². The van der Waals surface area contributed by atoms with Gasteiger partial charge < -0.3 is 19.9 Å². The van der Waals surface area contributed by atoms with Crippen LogP contribution in [0.15, 0.2) is 0 Å². The molecule has 0 bridgehead atoms. The molecule has 1 unspecified atom stereocenters. The van der Waals surface area contributed by atoms with Gasteiger partial charge in [0.1, 0.15) is 11.5 Å². The monoisotopic (exact) mass is 292 g/mol. The van der Waals surface area contributed by atoms with Gasteiger partial charge in [0.25, 0.3) is 5.91 Å². The molecule has 0 aliphatic carbocycles. The zero-order valence-corrected chi connectivity index (χ0v) is 12.7. The molecule has 3 heterocycles. The first-order valence-electron chi connectivity index (χ1n) is 7.86. The number of carbonyl (C=O) groups excluding carboxylic acids is 1. The van der Waals surface area contributed by atoms with Crippen molar-refractivity contribution in [2.45, 2.75) is 31.6 Å². The number of imidazole rings is 1. The summed E-state index contributed by atoms with van der Waals surface area (Å²) < 4.78 is 5.16. The van der Waals surface area contributed by atoms with Crippen LogP contribution in [0.4, 0.5) is 0 Å². The fourth-order valence-electron chi connectivity index (χ4n) is 3.24. The van der Waals surface area contributed by atoms with Gasteiger partial charge in [-0.2, -0.15) is 0 Å². The van der Waals surface area contributed by atoms with Gasteiger partial charge in [0.05, 0.1) is 6.61 Å². The lowest BCUT2D eigenvalue weighted by atomic mass is 9.97. The lowest BCUT2D eigenvalue weighted by molar-refractivity contribution is 0.0951. The number of methoxy groups -OCH3 is 1. The zero-order valence-electron chi connectivity index (χ0n) is 12.7. The summed E-state index contributed by atoms with van der Waals surface area (Å²) in [5.41, 5.74) is 1.62. The highest BCUT2D eigenvalue weighted by Crippen LogP contribution is 2.26. The first kappa shape index (κ1) is 14.5. The topological polar surface area (TPSA) is 70.2 Å². The molecule has 2 aliphatic heterocycles. The molecule has 2 N–H and O–H groups in total. The van der Waals surface area contributed by atoms with Crippen molar-refractivity contribution in [1.82, 2.24) is 20.2 Å². The van der Waals surface area contributed by atoms with Crippen LogP contribution in [0, 0.1) is 0 Å². The fourth-order valence-corrected chi connectivity index (χ4v) is 3.24. The summed E-state index contributed by atoms with van der Waals surface area (Å²) in [6, 6.07) is 0. The fraction of sp³-hybridized carbons (Fsp3) is 0.733. The Hall–Kier alpha value is -1.40. The Morgan fingerprint density at radius 2 is 2.33 bits per heavy atom. The average molecular weight is 292 g/mol. The Morgan fingerprint density at radius 3 is 3.19 bits per heavy atom. The van der Waals surface area contributed by atoms with Crippen LogP contribution in [0.25, 0.3) is 0 Å². The summed E-state index contributed by atoms with van der Waals surface area (Å²) >= 11 is 0. The molecule has 21 heavy (non-hydrogen) atoms. The van der Waals surface area contributed by atoms with E-state index in [1.165, 1.54) is 6.42 Å². The largest absolute Gasteiger partial charge is 0.383 e. The second-order valence-corrected chi connectivity index (χ2v) is 5.94. The van der Waals surface area contributed by atoms with Crippen molar-refractivity contribution >= 4 is 5.91 Å². The minimum absolute atomic E-state index is 0.0305. The van der Waals surface area contributed by atoms with Crippen LogP contribution >= 0.6 is 0 Å². The maximum Gasteiger partial charge on any atom is 0.271 e. The molecule has 1 saturated heterocycles. The predicted molar refractivity (Wildman–Crippen MR) is 79.5 cm³/mol. The van der Waals surface area contributed by atoms with Crippen molar-refractivity contribution < 1.29 is 9.53 Å². The van der Waals surface area contributed by atoms with E-state index < -0.39 is 0 Å². The molecule has 1 atom stereocenters. The first-order chi connectivity index (χ1) is 10.3. The third kappa shape index (κ3) is 3.27. The number of hydrogen-bond acceptors (Lipinski definition) is 4. The summed E-state index contributed by atoms with van der Waals surface area (Å²) in [4.78, 5) is 22.4. The second-order valence-electron chi connectivity index (χ2n) is 5.94. The summed E-state index contributed by atoms with van der Waals surface area (Å²) in [6.07, 6.45) is 4.19. The number of hydrogen-bond donors (Lipinski definition) is 2. The summed E-state index contributed by atoms with van der Waals surface area (Å²) in [6.45, 7) is 4.60. The molecular weight excluding hydrogens is 268 g/mol. The van der Waals surface area contributed by atoms with Crippen LogP contribution in [-0.2, 0) is 11.2 Å². The average Bonchev–Trinajstić information content (AvgIpc) is 2.86. The number of fused-ring (bicyclic) bond motifs is 1. The molecule has 1 aromatic heterocycles. The maximum atomic E-state index is 12.0. The van der Waals surface area contributed by atoms with Gasteiger partial charge in [0.15, 0.2) is 0 Å². The Bertz CT molecular complexity index is 500. The van der Waals surface area contributed by atoms with Gasteiger partial charge in [-0.1, -0.05) is 0 Å². The van der Waals surface area contributed by atoms with Crippen LogP contribution in [-0.4, -0.2) is 60.7 Å². The molecule has 1 amide bonds. The molecule has 0 saturated carbocycles. The lowest BCUT2D eigenvalue weighted by Gasteiger charge is -2.31. The lowest BCUT2D eigenvalue weighted by Crippen LogP contribution is -2.36. The molecule has 3 rings (SSSR count). The van der Waals surface area contributed by atoms with Crippen LogP contribution < -0.4 is 5.32 Å². The molecule has 1 fully saturated rings. The smallest absolute Gasteiger partial charge is 0.271 e. The van der Waals surface area contributed by atoms with E-state index in [1.807, 2.05) is 0 Å². The van der Waals surface area contributed by atoms with Crippen molar-refractivity contribution in [2.24, 2.45) is 0 Å². The number of rotatable bonds is 4. The van der Waals surface area contributed by atoms with E-state index in [4.69, 9.17) is 4.74 Å². The van der Waals surface area contributed by atoms with E-state index >= 15 is 0 Å². The molecule has 0 spiro atoms. The van der Waals surface area contributed by atoms with E-state index in [0.717, 1.165) is 63.6 Å². The number of H-pyrrole nitrogens is 1. The number of aromatic amines is 1. The standard InChI is InChI=1S/C15H24N4O2/c1-21-9-8-19-7-3-4-11(10-19)14-17-12-5-2-6-16-15(20)13(12)18-14/h11H,2-10H2,1H3,(H,16,20)(H,17,18). The highest BCUT2D eigenvalue weighted by Gasteiger charge is 2.27. The highest BCUT2D eigenvalue weighted by molar-refractivity contribution is 5.93. The van der Waals surface area contributed by atoms with Crippen molar-refractivity contribution in [3.63, 3.8) is 0 Å². The molecule has 6 nitrogen and oxygen atoms in total. The van der Waals surface area contributed by atoms with Gasteiger partial charge in [-0.25, -0.2) is 4.98 Å². The zero-order chi connectivity index (χ0) is 14.7. The molecule has 1 aromatic rings. The maximum absolute atomic E-state index is 12.0. The van der Waals surface area contributed by atoms with E-state index in [1.54, 1.807) is 7.11 Å². The Labute approximate surface area is 125 Å². The van der Waals surface area contributed by atoms with E-state index in [-0.39, 0.29) is 5.91 Å². The van der Waals surface area contributed by atoms with Crippen LogP contribution in [0.5, 0.6) is 0 Å². The van der Waals surface area contributed by atoms with Gasteiger partial charge in [-0.15, -0.1) is 0 Å². The number of aryl methyl sites for hydroxylation is 1. The highest BCUT2D eigenvalue weighted by atomic mass is 16.5. The van der Waals surface area contributed by atoms with E-state index in [2.05, 4.69) is 20.2 Å².